The van der Waals surface area contributed by atoms with Crippen molar-refractivity contribution in [3.63, 3.8) is 0 Å². The van der Waals surface area contributed by atoms with E-state index in [4.69, 9.17) is 0 Å². The summed E-state index contributed by atoms with van der Waals surface area (Å²) in [6, 6.07) is 15.3. The number of nitrogens with one attached hydrogen (secondary N) is 1. The number of rotatable bonds is 6. The summed E-state index contributed by atoms with van der Waals surface area (Å²) in [4.78, 5) is 0.336. The maximum Gasteiger partial charge on any atom is 0.240 e. The molecule has 0 heterocycles. The third kappa shape index (κ3) is 4.41. The average Bonchev–Trinajstić information content (AvgIpc) is 2.47. The summed E-state index contributed by atoms with van der Waals surface area (Å²) < 4.78 is 28.3. The molecule has 5 heteroatoms. The number of aryl methyl sites for hydroxylation is 1. The largest absolute Gasteiger partial charge is 0.240 e. The van der Waals surface area contributed by atoms with Crippen LogP contribution in [-0.4, -0.2) is 15.0 Å². The zero-order chi connectivity index (χ0) is 16.2. The SMILES string of the molecule is Cc1cc(Br)ccc1S(=O)(=O)NCCC(C)c1ccccc1. The van der Waals surface area contributed by atoms with Crippen LogP contribution < -0.4 is 4.72 Å². The van der Waals surface area contributed by atoms with Crippen molar-refractivity contribution < 1.29 is 8.42 Å². The topological polar surface area (TPSA) is 46.2 Å². The molecule has 0 aromatic heterocycles. The van der Waals surface area contributed by atoms with Crippen molar-refractivity contribution in [2.45, 2.75) is 31.1 Å². The first-order valence-corrected chi connectivity index (χ1v) is 9.48. The van der Waals surface area contributed by atoms with Gasteiger partial charge in [-0.2, -0.15) is 0 Å². The van der Waals surface area contributed by atoms with E-state index in [0.29, 0.717) is 17.4 Å². The predicted octanol–water partition coefficient (Wildman–Crippen LogP) is 4.23. The lowest BCUT2D eigenvalue weighted by Crippen LogP contribution is -2.26. The zero-order valence-electron chi connectivity index (χ0n) is 12.7. The summed E-state index contributed by atoms with van der Waals surface area (Å²) in [5.41, 5.74) is 1.96. The molecule has 2 aromatic rings. The van der Waals surface area contributed by atoms with E-state index in [1.807, 2.05) is 18.2 Å². The van der Waals surface area contributed by atoms with Crippen LogP contribution in [0, 0.1) is 6.92 Å². The molecule has 0 amide bonds. The quantitative estimate of drug-likeness (QED) is 0.813. The van der Waals surface area contributed by atoms with Gasteiger partial charge in [0.2, 0.25) is 10.0 Å². The number of hydrogen-bond donors (Lipinski definition) is 1. The Balaban J connectivity index is 1.98. The highest BCUT2D eigenvalue weighted by molar-refractivity contribution is 9.10. The van der Waals surface area contributed by atoms with Gasteiger partial charge in [0.25, 0.3) is 0 Å². The summed E-state index contributed by atoms with van der Waals surface area (Å²) in [5, 5.41) is 0. The molecule has 0 saturated heterocycles. The molecule has 0 aliphatic heterocycles. The lowest BCUT2D eigenvalue weighted by atomic mass is 9.98. The first-order valence-electron chi connectivity index (χ1n) is 7.21. The summed E-state index contributed by atoms with van der Waals surface area (Å²) in [6.07, 6.45) is 0.763. The van der Waals surface area contributed by atoms with Crippen molar-refractivity contribution in [3.8, 4) is 0 Å². The molecule has 2 rings (SSSR count). The van der Waals surface area contributed by atoms with Crippen molar-refractivity contribution in [3.05, 3.63) is 64.1 Å². The third-order valence-corrected chi connectivity index (χ3v) is 5.78. The van der Waals surface area contributed by atoms with Crippen LogP contribution in [0.15, 0.2) is 57.9 Å². The summed E-state index contributed by atoms with van der Waals surface area (Å²) in [7, 11) is -3.46. The second-order valence-corrected chi connectivity index (χ2v) is 8.06. The molecule has 1 N–H and O–H groups in total. The Morgan fingerprint density at radius 2 is 1.82 bits per heavy atom. The molecule has 118 valence electrons. The Labute approximate surface area is 140 Å². The van der Waals surface area contributed by atoms with Crippen LogP contribution in [0.25, 0.3) is 0 Å². The Hall–Kier alpha value is -1.17. The predicted molar refractivity (Wildman–Crippen MR) is 93.5 cm³/mol. The third-order valence-electron chi connectivity index (χ3n) is 3.66. The van der Waals surface area contributed by atoms with E-state index in [-0.39, 0.29) is 0 Å². The number of halogens is 1. The van der Waals surface area contributed by atoms with Gasteiger partial charge >= 0.3 is 0 Å². The van der Waals surface area contributed by atoms with Crippen molar-refractivity contribution in [2.24, 2.45) is 0 Å². The van der Waals surface area contributed by atoms with Crippen molar-refractivity contribution in [1.82, 2.24) is 4.72 Å². The van der Waals surface area contributed by atoms with Gasteiger partial charge in [0, 0.05) is 11.0 Å². The summed E-state index contributed by atoms with van der Waals surface area (Å²) in [5.74, 6) is 0.315. The molecule has 0 fully saturated rings. The van der Waals surface area contributed by atoms with Gasteiger partial charge in [0.1, 0.15) is 0 Å². The fraction of sp³-hybridized carbons (Fsp3) is 0.294. The van der Waals surface area contributed by atoms with Crippen LogP contribution in [0.5, 0.6) is 0 Å². The van der Waals surface area contributed by atoms with E-state index in [0.717, 1.165) is 16.5 Å². The van der Waals surface area contributed by atoms with Crippen molar-refractivity contribution in [2.75, 3.05) is 6.54 Å². The average molecular weight is 382 g/mol. The van der Waals surface area contributed by atoms with Crippen molar-refractivity contribution in [1.29, 1.82) is 0 Å². The normalized spacial score (nSPS) is 13.0. The molecule has 0 aliphatic carbocycles. The van der Waals surface area contributed by atoms with Gasteiger partial charge < -0.3 is 0 Å². The molecule has 0 spiro atoms. The number of sulfonamides is 1. The molecular weight excluding hydrogens is 362 g/mol. The first-order chi connectivity index (χ1) is 10.4. The van der Waals surface area contributed by atoms with Crippen LogP contribution in [0.3, 0.4) is 0 Å². The number of benzene rings is 2. The Bertz CT molecular complexity index is 730. The molecule has 2 aromatic carbocycles. The minimum Gasteiger partial charge on any atom is -0.211 e. The second-order valence-electron chi connectivity index (χ2n) is 5.41. The van der Waals surface area contributed by atoms with Gasteiger partial charge in [-0.25, -0.2) is 13.1 Å². The zero-order valence-corrected chi connectivity index (χ0v) is 15.1. The van der Waals surface area contributed by atoms with E-state index in [1.54, 1.807) is 25.1 Å². The first kappa shape index (κ1) is 17.2. The lowest BCUT2D eigenvalue weighted by molar-refractivity contribution is 0.572. The smallest absolute Gasteiger partial charge is 0.211 e. The van der Waals surface area contributed by atoms with Gasteiger partial charge in [-0.1, -0.05) is 53.2 Å². The lowest BCUT2D eigenvalue weighted by Gasteiger charge is -2.13. The van der Waals surface area contributed by atoms with E-state index >= 15 is 0 Å². The maximum atomic E-state index is 12.4. The monoisotopic (exact) mass is 381 g/mol. The van der Waals surface area contributed by atoms with E-state index in [9.17, 15) is 8.42 Å². The highest BCUT2D eigenvalue weighted by Crippen LogP contribution is 2.21. The molecule has 3 nitrogen and oxygen atoms in total. The fourth-order valence-electron chi connectivity index (χ4n) is 2.35. The molecular formula is C17H20BrNO2S. The maximum absolute atomic E-state index is 12.4. The molecule has 0 bridgehead atoms. The summed E-state index contributed by atoms with van der Waals surface area (Å²) in [6.45, 7) is 4.33. The van der Waals surface area contributed by atoms with Crippen molar-refractivity contribution >= 4 is 26.0 Å². The number of hydrogen-bond acceptors (Lipinski definition) is 2. The van der Waals surface area contributed by atoms with Gasteiger partial charge in [0.15, 0.2) is 0 Å². The molecule has 0 aliphatic rings. The van der Waals surface area contributed by atoms with Crippen LogP contribution in [0.4, 0.5) is 0 Å². The van der Waals surface area contributed by atoms with Gasteiger partial charge in [-0.3, -0.25) is 0 Å². The Kier molecular flexibility index (Phi) is 5.78. The second kappa shape index (κ2) is 7.40. The Morgan fingerprint density at radius 3 is 2.45 bits per heavy atom. The van der Waals surface area contributed by atoms with E-state index in [1.165, 1.54) is 5.56 Å². The van der Waals surface area contributed by atoms with E-state index < -0.39 is 10.0 Å². The molecule has 22 heavy (non-hydrogen) atoms. The molecule has 0 radical (unpaired) electrons. The van der Waals surface area contributed by atoms with Gasteiger partial charge in [-0.05, 0) is 48.6 Å². The van der Waals surface area contributed by atoms with E-state index in [2.05, 4.69) is 39.7 Å². The van der Waals surface area contributed by atoms with Crippen LogP contribution in [0.1, 0.15) is 30.4 Å². The van der Waals surface area contributed by atoms with Crippen LogP contribution >= 0.6 is 15.9 Å². The van der Waals surface area contributed by atoms with Crippen LogP contribution in [-0.2, 0) is 10.0 Å². The Morgan fingerprint density at radius 1 is 1.14 bits per heavy atom. The highest BCUT2D eigenvalue weighted by Gasteiger charge is 2.16. The highest BCUT2D eigenvalue weighted by atomic mass is 79.9. The fourth-order valence-corrected chi connectivity index (χ4v) is 4.10. The van der Waals surface area contributed by atoms with Crippen LogP contribution in [0.2, 0.25) is 0 Å². The van der Waals surface area contributed by atoms with Gasteiger partial charge in [0.05, 0.1) is 4.90 Å². The minimum absolute atomic E-state index is 0.315. The standard InChI is InChI=1S/C17H20BrNO2S/c1-13(15-6-4-3-5-7-15)10-11-19-22(20,21)17-9-8-16(18)12-14(17)2/h3-9,12-13,19H,10-11H2,1-2H3. The molecule has 1 atom stereocenters. The van der Waals surface area contributed by atoms with Gasteiger partial charge in [-0.15, -0.1) is 0 Å². The summed E-state index contributed by atoms with van der Waals surface area (Å²) >= 11 is 3.35. The minimum atomic E-state index is -3.46. The molecule has 0 saturated carbocycles. The molecule has 1 unspecified atom stereocenters.